The molecular weight excluding hydrogens is 398 g/mol. The fourth-order valence-electron chi connectivity index (χ4n) is 2.31. The maximum absolute atomic E-state index is 12.1. The number of carboxylic acids is 1. The molecule has 12 heteroatoms. The van der Waals surface area contributed by atoms with E-state index >= 15 is 0 Å². The Bertz CT molecular complexity index is 797. The lowest BCUT2D eigenvalue weighted by Gasteiger charge is -2.19. The van der Waals surface area contributed by atoms with Gasteiger partial charge in [0, 0.05) is 0 Å². The Kier molecular flexibility index (Phi) is 9.23. The SMILES string of the molecule is CC(NC(=O)C(CC(N)=O)NC(=O)CNC(=O)C(N)Cc1ccc(O)cc1)C(=O)O. The van der Waals surface area contributed by atoms with E-state index < -0.39 is 60.7 Å². The largest absolute Gasteiger partial charge is 0.508 e. The van der Waals surface area contributed by atoms with Crippen molar-refractivity contribution in [1.29, 1.82) is 0 Å². The summed E-state index contributed by atoms with van der Waals surface area (Å²) in [6.07, 6.45) is -0.397. The van der Waals surface area contributed by atoms with Gasteiger partial charge in [0.05, 0.1) is 19.0 Å². The number of carboxylic acid groups (broad SMARTS) is 1. The Labute approximate surface area is 172 Å². The van der Waals surface area contributed by atoms with Gasteiger partial charge in [-0.15, -0.1) is 0 Å². The number of rotatable bonds is 11. The number of benzene rings is 1. The van der Waals surface area contributed by atoms with E-state index in [2.05, 4.69) is 16.0 Å². The van der Waals surface area contributed by atoms with Gasteiger partial charge in [0.2, 0.25) is 23.6 Å². The lowest BCUT2D eigenvalue weighted by Crippen LogP contribution is -2.54. The van der Waals surface area contributed by atoms with E-state index in [4.69, 9.17) is 16.6 Å². The lowest BCUT2D eigenvalue weighted by molar-refractivity contribution is -0.141. The van der Waals surface area contributed by atoms with Crippen molar-refractivity contribution in [2.45, 2.75) is 37.9 Å². The number of aliphatic carboxylic acids is 1. The molecule has 1 rings (SSSR count). The zero-order valence-electron chi connectivity index (χ0n) is 16.3. The van der Waals surface area contributed by atoms with Crippen LogP contribution in [0.5, 0.6) is 5.75 Å². The second-order valence-electron chi connectivity index (χ2n) is 6.55. The highest BCUT2D eigenvalue weighted by molar-refractivity contribution is 5.94. The van der Waals surface area contributed by atoms with Gasteiger partial charge >= 0.3 is 5.97 Å². The fraction of sp³-hybridized carbons (Fsp3) is 0.389. The van der Waals surface area contributed by atoms with Crippen LogP contribution >= 0.6 is 0 Å². The minimum Gasteiger partial charge on any atom is -0.508 e. The molecule has 4 amide bonds. The Morgan fingerprint density at radius 2 is 1.63 bits per heavy atom. The van der Waals surface area contributed by atoms with Crippen LogP contribution in [0.25, 0.3) is 0 Å². The van der Waals surface area contributed by atoms with Crippen molar-refractivity contribution in [1.82, 2.24) is 16.0 Å². The number of phenolic OH excluding ortho intramolecular Hbond substituents is 1. The van der Waals surface area contributed by atoms with Gasteiger partial charge in [-0.3, -0.25) is 24.0 Å². The first-order valence-corrected chi connectivity index (χ1v) is 8.91. The molecule has 0 radical (unpaired) electrons. The van der Waals surface area contributed by atoms with Crippen molar-refractivity contribution < 1.29 is 34.2 Å². The molecule has 164 valence electrons. The molecule has 0 aliphatic rings. The Morgan fingerprint density at radius 1 is 1.03 bits per heavy atom. The number of hydrogen-bond donors (Lipinski definition) is 7. The van der Waals surface area contributed by atoms with Crippen molar-refractivity contribution in [3.05, 3.63) is 29.8 Å². The van der Waals surface area contributed by atoms with E-state index in [0.717, 1.165) is 0 Å². The van der Waals surface area contributed by atoms with E-state index in [1.54, 1.807) is 12.1 Å². The van der Waals surface area contributed by atoms with Crippen molar-refractivity contribution in [2.24, 2.45) is 11.5 Å². The van der Waals surface area contributed by atoms with Gasteiger partial charge in [-0.1, -0.05) is 12.1 Å². The summed E-state index contributed by atoms with van der Waals surface area (Å²) in [5, 5.41) is 24.7. The van der Waals surface area contributed by atoms with Crippen molar-refractivity contribution in [3.63, 3.8) is 0 Å². The second-order valence-corrected chi connectivity index (χ2v) is 6.55. The van der Waals surface area contributed by atoms with Crippen LogP contribution in [-0.2, 0) is 30.4 Å². The number of aromatic hydroxyl groups is 1. The maximum Gasteiger partial charge on any atom is 0.325 e. The molecule has 1 aromatic rings. The molecule has 0 fully saturated rings. The molecule has 1 aromatic carbocycles. The maximum atomic E-state index is 12.1. The highest BCUT2D eigenvalue weighted by Crippen LogP contribution is 2.10. The van der Waals surface area contributed by atoms with Crippen LogP contribution in [0.3, 0.4) is 0 Å². The number of hydrogen-bond acceptors (Lipinski definition) is 7. The zero-order chi connectivity index (χ0) is 22.8. The van der Waals surface area contributed by atoms with Gasteiger partial charge in [-0.2, -0.15) is 0 Å². The molecule has 3 unspecified atom stereocenters. The first-order chi connectivity index (χ1) is 14.0. The number of primary amides is 1. The predicted octanol–water partition coefficient (Wildman–Crippen LogP) is -2.67. The Hall–Kier alpha value is -3.67. The van der Waals surface area contributed by atoms with E-state index in [1.165, 1.54) is 19.1 Å². The third kappa shape index (κ3) is 8.56. The highest BCUT2D eigenvalue weighted by Gasteiger charge is 2.26. The number of nitrogens with one attached hydrogen (secondary N) is 3. The molecule has 0 saturated heterocycles. The minimum absolute atomic E-state index is 0.0701. The molecular formula is C18H25N5O7. The molecule has 0 aliphatic heterocycles. The number of amides is 4. The van der Waals surface area contributed by atoms with Crippen LogP contribution in [-0.4, -0.2) is 64.5 Å². The summed E-state index contributed by atoms with van der Waals surface area (Å²) in [4.78, 5) is 58.1. The predicted molar refractivity (Wildman–Crippen MR) is 104 cm³/mol. The van der Waals surface area contributed by atoms with E-state index in [0.29, 0.717) is 5.56 Å². The number of nitrogens with two attached hydrogens (primary N) is 2. The van der Waals surface area contributed by atoms with Crippen LogP contribution in [0.15, 0.2) is 24.3 Å². The second kappa shape index (κ2) is 11.4. The molecule has 3 atom stereocenters. The molecule has 0 aromatic heterocycles. The van der Waals surface area contributed by atoms with Crippen LogP contribution in [0, 0.1) is 0 Å². The van der Waals surface area contributed by atoms with Crippen LogP contribution in [0.1, 0.15) is 18.9 Å². The summed E-state index contributed by atoms with van der Waals surface area (Å²) in [5.41, 5.74) is 11.5. The summed E-state index contributed by atoms with van der Waals surface area (Å²) >= 11 is 0. The summed E-state index contributed by atoms with van der Waals surface area (Å²) in [5.74, 6) is -4.47. The molecule has 9 N–H and O–H groups in total. The normalized spacial score (nSPS) is 13.4. The van der Waals surface area contributed by atoms with Gasteiger partial charge < -0.3 is 37.6 Å². The molecule has 0 spiro atoms. The smallest absolute Gasteiger partial charge is 0.325 e. The van der Waals surface area contributed by atoms with Gasteiger partial charge in [0.1, 0.15) is 17.8 Å². The first-order valence-electron chi connectivity index (χ1n) is 8.91. The fourth-order valence-corrected chi connectivity index (χ4v) is 2.31. The average molecular weight is 423 g/mol. The molecule has 0 aliphatic carbocycles. The third-order valence-electron chi connectivity index (χ3n) is 3.94. The highest BCUT2D eigenvalue weighted by atomic mass is 16.4. The van der Waals surface area contributed by atoms with E-state index in [1.807, 2.05) is 0 Å². The summed E-state index contributed by atoms with van der Waals surface area (Å²) in [6, 6.07) is 2.47. The van der Waals surface area contributed by atoms with Gasteiger partial charge in [0.25, 0.3) is 0 Å². The quantitative estimate of drug-likeness (QED) is 0.199. The van der Waals surface area contributed by atoms with Crippen LogP contribution < -0.4 is 27.4 Å². The summed E-state index contributed by atoms with van der Waals surface area (Å²) in [7, 11) is 0. The zero-order valence-corrected chi connectivity index (χ0v) is 16.3. The Balaban J connectivity index is 2.57. The van der Waals surface area contributed by atoms with E-state index in [-0.39, 0.29) is 12.2 Å². The van der Waals surface area contributed by atoms with Gasteiger partial charge in [0.15, 0.2) is 0 Å². The molecule has 0 saturated carbocycles. The lowest BCUT2D eigenvalue weighted by atomic mass is 10.1. The number of carbonyl (C=O) groups is 5. The average Bonchev–Trinajstić information content (AvgIpc) is 2.66. The Morgan fingerprint density at radius 3 is 2.17 bits per heavy atom. The summed E-state index contributed by atoms with van der Waals surface area (Å²) in [6.45, 7) is 0.679. The van der Waals surface area contributed by atoms with Gasteiger partial charge in [-0.05, 0) is 31.0 Å². The standard InChI is InChI=1S/C18H25N5O7/c1-9(18(29)30)22-17(28)13(7-14(20)25)23-15(26)8-21-16(27)12(19)6-10-2-4-11(24)5-3-10/h2-5,9,12-13,24H,6-8,19H2,1H3,(H2,20,25)(H,21,27)(H,22,28)(H,23,26)(H,29,30). The molecule has 12 nitrogen and oxygen atoms in total. The first kappa shape index (κ1) is 24.4. The monoisotopic (exact) mass is 423 g/mol. The number of carbonyl (C=O) groups excluding carboxylic acids is 4. The van der Waals surface area contributed by atoms with Crippen LogP contribution in [0.4, 0.5) is 0 Å². The van der Waals surface area contributed by atoms with E-state index in [9.17, 15) is 29.1 Å². The van der Waals surface area contributed by atoms with Crippen molar-refractivity contribution in [2.75, 3.05) is 6.54 Å². The molecule has 30 heavy (non-hydrogen) atoms. The molecule has 0 heterocycles. The van der Waals surface area contributed by atoms with Crippen LogP contribution in [0.2, 0.25) is 0 Å². The van der Waals surface area contributed by atoms with Crippen molar-refractivity contribution >= 4 is 29.6 Å². The minimum atomic E-state index is -1.40. The molecule has 0 bridgehead atoms. The topological polar surface area (TPSA) is 214 Å². The number of phenols is 1. The van der Waals surface area contributed by atoms with Crippen molar-refractivity contribution in [3.8, 4) is 5.75 Å². The van der Waals surface area contributed by atoms with Gasteiger partial charge in [-0.25, -0.2) is 0 Å². The third-order valence-corrected chi connectivity index (χ3v) is 3.94. The summed E-state index contributed by atoms with van der Waals surface area (Å²) < 4.78 is 0.